The van der Waals surface area contributed by atoms with E-state index in [1.165, 1.54) is 18.7 Å². The van der Waals surface area contributed by atoms with Crippen LogP contribution in [-0.2, 0) is 5.41 Å². The van der Waals surface area contributed by atoms with Gasteiger partial charge in [0.25, 0.3) is 0 Å². The Bertz CT molecular complexity index is 381. The van der Waals surface area contributed by atoms with Gasteiger partial charge in [-0.2, -0.15) is 0 Å². The molecular formula is C14H19N. The van der Waals surface area contributed by atoms with E-state index in [0.29, 0.717) is 5.41 Å². The number of likely N-dealkylation sites (tertiary alicyclic amines) is 1. The summed E-state index contributed by atoms with van der Waals surface area (Å²) in [5.41, 5.74) is 3.43. The third-order valence-corrected chi connectivity index (χ3v) is 4.60. The molecule has 15 heavy (non-hydrogen) atoms. The first-order valence-corrected chi connectivity index (χ1v) is 5.90. The maximum atomic E-state index is 2.48. The maximum absolute atomic E-state index is 2.48. The van der Waals surface area contributed by atoms with E-state index in [0.717, 1.165) is 11.8 Å². The van der Waals surface area contributed by atoms with Crippen LogP contribution in [0.15, 0.2) is 24.3 Å². The summed E-state index contributed by atoms with van der Waals surface area (Å²) >= 11 is 0. The van der Waals surface area contributed by atoms with Crippen LogP contribution < -0.4 is 0 Å². The zero-order valence-electron chi connectivity index (χ0n) is 9.83. The van der Waals surface area contributed by atoms with Gasteiger partial charge in [0.2, 0.25) is 0 Å². The summed E-state index contributed by atoms with van der Waals surface area (Å²) in [4.78, 5) is 2.48. The Morgan fingerprint density at radius 1 is 1.27 bits per heavy atom. The van der Waals surface area contributed by atoms with Crippen molar-refractivity contribution in [3.8, 4) is 0 Å². The van der Waals surface area contributed by atoms with Crippen LogP contribution in [0.25, 0.3) is 0 Å². The fourth-order valence-electron chi connectivity index (χ4n) is 3.59. The van der Waals surface area contributed by atoms with Gasteiger partial charge < -0.3 is 4.90 Å². The van der Waals surface area contributed by atoms with Crippen molar-refractivity contribution in [3.63, 3.8) is 0 Å². The Kier molecular flexibility index (Phi) is 1.79. The number of aryl methyl sites for hydroxylation is 1. The van der Waals surface area contributed by atoms with E-state index in [9.17, 15) is 0 Å². The van der Waals surface area contributed by atoms with Gasteiger partial charge in [-0.25, -0.2) is 0 Å². The molecular weight excluding hydrogens is 182 g/mol. The van der Waals surface area contributed by atoms with Crippen molar-refractivity contribution in [1.82, 2.24) is 4.90 Å². The minimum atomic E-state index is 0.502. The van der Waals surface area contributed by atoms with E-state index >= 15 is 0 Å². The highest BCUT2D eigenvalue weighted by molar-refractivity contribution is 5.40. The van der Waals surface area contributed by atoms with E-state index in [1.807, 2.05) is 0 Å². The molecule has 3 unspecified atom stereocenters. The molecule has 1 heterocycles. The molecule has 3 atom stereocenters. The Morgan fingerprint density at radius 3 is 2.53 bits per heavy atom. The first-order valence-electron chi connectivity index (χ1n) is 5.90. The molecule has 1 aliphatic carbocycles. The van der Waals surface area contributed by atoms with Crippen LogP contribution in [0.5, 0.6) is 0 Å². The molecule has 0 amide bonds. The zero-order chi connectivity index (χ0) is 10.6. The van der Waals surface area contributed by atoms with Crippen LogP contribution >= 0.6 is 0 Å². The van der Waals surface area contributed by atoms with Crippen LogP contribution in [0.3, 0.4) is 0 Å². The molecule has 1 aromatic carbocycles. The van der Waals surface area contributed by atoms with Crippen LogP contribution in [0, 0.1) is 18.8 Å². The quantitative estimate of drug-likeness (QED) is 0.674. The molecule has 1 aromatic rings. The topological polar surface area (TPSA) is 3.24 Å². The van der Waals surface area contributed by atoms with E-state index in [4.69, 9.17) is 0 Å². The third-order valence-electron chi connectivity index (χ3n) is 4.60. The fourth-order valence-corrected chi connectivity index (χ4v) is 3.59. The highest BCUT2D eigenvalue weighted by atomic mass is 15.2. The summed E-state index contributed by atoms with van der Waals surface area (Å²) in [6.07, 6.45) is 0. The minimum absolute atomic E-state index is 0.502. The molecule has 3 rings (SSSR count). The van der Waals surface area contributed by atoms with Crippen molar-refractivity contribution >= 4 is 0 Å². The minimum Gasteiger partial charge on any atom is -0.305 e. The molecule has 0 spiro atoms. The molecule has 1 saturated carbocycles. The Labute approximate surface area is 92.1 Å². The lowest BCUT2D eigenvalue weighted by atomic mass is 9.92. The molecule has 0 radical (unpaired) electrons. The highest BCUT2D eigenvalue weighted by Crippen LogP contribution is 2.63. The summed E-state index contributed by atoms with van der Waals surface area (Å²) in [7, 11) is 2.24. The van der Waals surface area contributed by atoms with Gasteiger partial charge in [-0.15, -0.1) is 0 Å². The summed E-state index contributed by atoms with van der Waals surface area (Å²) in [5, 5.41) is 0. The van der Waals surface area contributed by atoms with Crippen molar-refractivity contribution in [2.45, 2.75) is 19.3 Å². The normalized spacial score (nSPS) is 39.1. The predicted octanol–water partition coefficient (Wildman–Crippen LogP) is 2.44. The number of piperidine rings is 1. The van der Waals surface area contributed by atoms with Gasteiger partial charge in [0.15, 0.2) is 0 Å². The molecule has 0 aromatic heterocycles. The molecule has 2 fully saturated rings. The van der Waals surface area contributed by atoms with Crippen molar-refractivity contribution in [3.05, 3.63) is 35.4 Å². The largest absolute Gasteiger partial charge is 0.305 e. The Balaban J connectivity index is 1.97. The molecule has 2 aliphatic rings. The second kappa shape index (κ2) is 2.85. The van der Waals surface area contributed by atoms with Crippen LogP contribution in [0.2, 0.25) is 0 Å². The number of hydrogen-bond donors (Lipinski definition) is 0. The van der Waals surface area contributed by atoms with Gasteiger partial charge in [0.05, 0.1) is 0 Å². The predicted molar refractivity (Wildman–Crippen MR) is 63.0 cm³/mol. The summed E-state index contributed by atoms with van der Waals surface area (Å²) in [6, 6.07) is 9.19. The van der Waals surface area contributed by atoms with Crippen LogP contribution in [0.4, 0.5) is 0 Å². The van der Waals surface area contributed by atoms with Gasteiger partial charge in [-0.05, 0) is 31.4 Å². The maximum Gasteiger partial charge on any atom is 0.0152 e. The average Bonchev–Trinajstić information content (AvgIpc) is 2.60. The van der Waals surface area contributed by atoms with Crippen molar-refractivity contribution < 1.29 is 0 Å². The van der Waals surface area contributed by atoms with Crippen LogP contribution in [-0.4, -0.2) is 25.0 Å². The van der Waals surface area contributed by atoms with Gasteiger partial charge in [0.1, 0.15) is 0 Å². The molecule has 1 aliphatic heterocycles. The lowest BCUT2D eigenvalue weighted by molar-refractivity contribution is 0.338. The number of hydrogen-bond acceptors (Lipinski definition) is 1. The lowest BCUT2D eigenvalue weighted by Crippen LogP contribution is -2.24. The number of benzene rings is 1. The van der Waals surface area contributed by atoms with Gasteiger partial charge in [0, 0.05) is 18.5 Å². The second-order valence-electron chi connectivity index (χ2n) is 5.50. The molecule has 80 valence electrons. The number of fused-ring (bicyclic) bond motifs is 1. The number of rotatable bonds is 1. The molecule has 0 N–H and O–H groups in total. The smallest absolute Gasteiger partial charge is 0.0152 e. The standard InChI is InChI=1S/C14H19N/c1-10-4-6-12(7-5-10)14-9-15(3)8-13(14)11(14)2/h4-7,11,13H,8-9H2,1-3H3. The summed E-state index contributed by atoms with van der Waals surface area (Å²) in [6.45, 7) is 7.12. The Hall–Kier alpha value is -0.820. The van der Waals surface area contributed by atoms with Gasteiger partial charge in [-0.1, -0.05) is 36.8 Å². The number of likely N-dealkylation sites (N-methyl/N-ethyl adjacent to an activating group) is 1. The van der Waals surface area contributed by atoms with E-state index in [-0.39, 0.29) is 0 Å². The summed E-state index contributed by atoms with van der Waals surface area (Å²) < 4.78 is 0. The first kappa shape index (κ1) is 9.41. The van der Waals surface area contributed by atoms with E-state index in [1.54, 1.807) is 5.56 Å². The highest BCUT2D eigenvalue weighted by Gasteiger charge is 2.66. The van der Waals surface area contributed by atoms with Crippen molar-refractivity contribution in [1.29, 1.82) is 0 Å². The number of nitrogens with zero attached hydrogens (tertiary/aromatic N) is 1. The average molecular weight is 201 g/mol. The first-order chi connectivity index (χ1) is 7.14. The lowest BCUT2D eigenvalue weighted by Gasteiger charge is -2.19. The fraction of sp³-hybridized carbons (Fsp3) is 0.571. The SMILES string of the molecule is Cc1ccc(C23CN(C)CC2C3C)cc1. The van der Waals surface area contributed by atoms with Crippen LogP contribution in [0.1, 0.15) is 18.1 Å². The third kappa shape index (κ3) is 1.13. The molecule has 1 nitrogen and oxygen atoms in total. The molecule has 1 heteroatoms. The van der Waals surface area contributed by atoms with Crippen molar-refractivity contribution in [2.75, 3.05) is 20.1 Å². The Morgan fingerprint density at radius 2 is 1.93 bits per heavy atom. The van der Waals surface area contributed by atoms with E-state index in [2.05, 4.69) is 50.1 Å². The summed E-state index contributed by atoms with van der Waals surface area (Å²) in [5.74, 6) is 1.79. The van der Waals surface area contributed by atoms with Gasteiger partial charge >= 0.3 is 0 Å². The zero-order valence-corrected chi connectivity index (χ0v) is 9.83. The monoisotopic (exact) mass is 201 g/mol. The second-order valence-corrected chi connectivity index (χ2v) is 5.50. The van der Waals surface area contributed by atoms with Crippen molar-refractivity contribution in [2.24, 2.45) is 11.8 Å². The van der Waals surface area contributed by atoms with E-state index < -0.39 is 0 Å². The van der Waals surface area contributed by atoms with Gasteiger partial charge in [-0.3, -0.25) is 0 Å². The molecule has 1 saturated heterocycles. The molecule has 0 bridgehead atoms.